The van der Waals surface area contributed by atoms with E-state index in [1.54, 1.807) is 13.0 Å². The van der Waals surface area contributed by atoms with Gasteiger partial charge in [0, 0.05) is 25.1 Å². The number of carbonyl (C=O) groups excluding carboxylic acids is 1. The summed E-state index contributed by atoms with van der Waals surface area (Å²) < 4.78 is 0. The third-order valence-electron chi connectivity index (χ3n) is 4.95. The highest BCUT2D eigenvalue weighted by Gasteiger charge is 2.28. The fourth-order valence-corrected chi connectivity index (χ4v) is 3.81. The predicted octanol–water partition coefficient (Wildman–Crippen LogP) is 5.09. The summed E-state index contributed by atoms with van der Waals surface area (Å²) in [5.74, 6) is 2.22. The van der Waals surface area contributed by atoms with Crippen LogP contribution < -0.4 is 5.32 Å². The normalized spacial score (nSPS) is 15.8. The molecule has 0 spiro atoms. The molecular weight excluding hydrogens is 529 g/mol. The Kier molecular flexibility index (Phi) is 8.19. The summed E-state index contributed by atoms with van der Waals surface area (Å²) in [5.41, 5.74) is 1.51. The first-order chi connectivity index (χ1) is 15.0. The van der Waals surface area contributed by atoms with Gasteiger partial charge in [0.05, 0.1) is 16.8 Å². The highest BCUT2D eigenvalue weighted by atomic mass is 127. The average molecular weight is 554 g/mol. The number of likely N-dealkylation sites (tertiary alicyclic amines) is 1. The van der Waals surface area contributed by atoms with E-state index in [4.69, 9.17) is 16.6 Å². The number of hydrogen-bond acceptors (Lipinski definition) is 6. The van der Waals surface area contributed by atoms with Crippen molar-refractivity contribution in [2.24, 2.45) is 0 Å². The summed E-state index contributed by atoms with van der Waals surface area (Å²) in [6.07, 6.45) is 2.90. The third kappa shape index (κ3) is 5.70. The number of amides is 1. The van der Waals surface area contributed by atoms with Crippen LogP contribution in [0.1, 0.15) is 43.7 Å². The lowest BCUT2D eigenvalue weighted by Crippen LogP contribution is -2.37. The van der Waals surface area contributed by atoms with Crippen LogP contribution in [0, 0.1) is 6.92 Å². The van der Waals surface area contributed by atoms with Gasteiger partial charge >= 0.3 is 0 Å². The van der Waals surface area contributed by atoms with Gasteiger partial charge in [0.15, 0.2) is 5.82 Å². The number of anilines is 2. The molecule has 31 heavy (non-hydrogen) atoms. The molecule has 164 valence electrons. The molecule has 8 nitrogen and oxygen atoms in total. The molecule has 1 aromatic carbocycles. The number of benzene rings is 1. The van der Waals surface area contributed by atoms with Crippen LogP contribution in [0.3, 0.4) is 0 Å². The maximum absolute atomic E-state index is 12.2. The van der Waals surface area contributed by atoms with Crippen LogP contribution in [0.2, 0.25) is 5.02 Å². The lowest BCUT2D eigenvalue weighted by atomic mass is 9.98. The lowest BCUT2D eigenvalue weighted by Gasteiger charge is -2.34. The van der Waals surface area contributed by atoms with Crippen molar-refractivity contribution in [1.82, 2.24) is 30.0 Å². The van der Waals surface area contributed by atoms with Crippen molar-refractivity contribution in [2.45, 2.75) is 39.2 Å². The monoisotopic (exact) mass is 553 g/mol. The standard InChI is InChI=1S/C20H22ClN7O.CH3I/c1-12-22-20(27-26-12)25-18-11-16(17-9-5-6-10-28(17)13(2)29)23-19(24-18)14-7-3-4-8-15(14)21;1-2/h3-4,7-8,11,17H,5-6,9-10H2,1-2H3,(H2,22,23,24,25,26,27);1H3. The van der Waals surface area contributed by atoms with Crippen molar-refractivity contribution in [3.8, 4) is 11.4 Å². The van der Waals surface area contributed by atoms with E-state index in [1.165, 1.54) is 0 Å². The minimum atomic E-state index is -0.0973. The van der Waals surface area contributed by atoms with Gasteiger partial charge in [0.25, 0.3) is 0 Å². The maximum atomic E-state index is 12.2. The first kappa shape index (κ1) is 23.4. The third-order valence-corrected chi connectivity index (χ3v) is 5.28. The second kappa shape index (κ2) is 10.9. The number of carbonyl (C=O) groups is 1. The van der Waals surface area contributed by atoms with E-state index in [0.29, 0.717) is 28.4 Å². The van der Waals surface area contributed by atoms with Gasteiger partial charge in [-0.2, -0.15) is 4.98 Å². The fraction of sp³-hybridized carbons (Fsp3) is 0.381. The quantitative estimate of drug-likeness (QED) is 0.345. The molecular formula is C21H25ClIN7O. The summed E-state index contributed by atoms with van der Waals surface area (Å²) in [6.45, 7) is 4.16. The first-order valence-electron chi connectivity index (χ1n) is 9.96. The average Bonchev–Trinajstić information content (AvgIpc) is 3.19. The molecule has 1 amide bonds. The van der Waals surface area contributed by atoms with Crippen molar-refractivity contribution >= 4 is 51.9 Å². The smallest absolute Gasteiger partial charge is 0.247 e. The molecule has 0 bridgehead atoms. The van der Waals surface area contributed by atoms with Crippen molar-refractivity contribution in [3.05, 3.63) is 46.9 Å². The fourth-order valence-electron chi connectivity index (χ4n) is 3.59. The van der Waals surface area contributed by atoms with Crippen molar-refractivity contribution in [1.29, 1.82) is 0 Å². The number of aryl methyl sites for hydroxylation is 1. The number of rotatable bonds is 4. The molecule has 0 radical (unpaired) electrons. The number of hydrogen-bond donors (Lipinski definition) is 2. The molecule has 2 N–H and O–H groups in total. The molecule has 1 fully saturated rings. The number of piperidine rings is 1. The molecule has 0 saturated carbocycles. The second-order valence-electron chi connectivity index (χ2n) is 7.07. The number of nitrogens with zero attached hydrogens (tertiary/aromatic N) is 5. The Labute approximate surface area is 200 Å². The van der Waals surface area contributed by atoms with Gasteiger partial charge in [0.2, 0.25) is 11.9 Å². The van der Waals surface area contributed by atoms with Crippen LogP contribution in [0.4, 0.5) is 11.8 Å². The van der Waals surface area contributed by atoms with Crippen LogP contribution in [-0.2, 0) is 4.79 Å². The van der Waals surface area contributed by atoms with E-state index in [2.05, 4.69) is 48.1 Å². The predicted molar refractivity (Wildman–Crippen MR) is 131 cm³/mol. The number of alkyl halides is 1. The Morgan fingerprint density at radius 2 is 2.00 bits per heavy atom. The molecule has 2 aromatic heterocycles. The van der Waals surface area contributed by atoms with Crippen molar-refractivity contribution < 1.29 is 4.79 Å². The van der Waals surface area contributed by atoms with E-state index in [-0.39, 0.29) is 11.9 Å². The van der Waals surface area contributed by atoms with Gasteiger partial charge in [-0.25, -0.2) is 9.97 Å². The van der Waals surface area contributed by atoms with E-state index in [9.17, 15) is 4.79 Å². The summed E-state index contributed by atoms with van der Waals surface area (Å²) in [7, 11) is 0. The molecule has 0 aliphatic carbocycles. The number of nitrogens with one attached hydrogen (secondary N) is 2. The summed E-state index contributed by atoms with van der Waals surface area (Å²) in [5, 5.41) is 10.6. The number of aromatic nitrogens is 5. The Bertz CT molecular complexity index is 1040. The molecule has 1 aliphatic rings. The zero-order valence-corrected chi connectivity index (χ0v) is 20.6. The van der Waals surface area contributed by atoms with Crippen LogP contribution >= 0.6 is 34.2 Å². The molecule has 1 aliphatic heterocycles. The van der Waals surface area contributed by atoms with Gasteiger partial charge in [-0.05, 0) is 43.2 Å². The molecule has 3 heterocycles. The largest absolute Gasteiger partial charge is 0.334 e. The Morgan fingerprint density at radius 3 is 2.68 bits per heavy atom. The van der Waals surface area contributed by atoms with Gasteiger partial charge in [0.1, 0.15) is 11.6 Å². The van der Waals surface area contributed by atoms with Gasteiger partial charge in [-0.1, -0.05) is 46.3 Å². The Balaban J connectivity index is 0.00000132. The topological polar surface area (TPSA) is 99.7 Å². The van der Waals surface area contributed by atoms with Crippen LogP contribution in [0.25, 0.3) is 11.4 Å². The zero-order valence-electron chi connectivity index (χ0n) is 17.7. The van der Waals surface area contributed by atoms with Gasteiger partial charge in [-0.15, -0.1) is 5.10 Å². The number of aromatic amines is 1. The zero-order chi connectivity index (χ0) is 22.4. The van der Waals surface area contributed by atoms with E-state index >= 15 is 0 Å². The molecule has 3 aromatic rings. The summed E-state index contributed by atoms with van der Waals surface area (Å²) >= 11 is 8.55. The van der Waals surface area contributed by atoms with Crippen molar-refractivity contribution in [3.63, 3.8) is 0 Å². The van der Waals surface area contributed by atoms with Gasteiger partial charge < -0.3 is 10.2 Å². The Hall–Kier alpha value is -2.27. The first-order valence-corrected chi connectivity index (χ1v) is 12.5. The lowest BCUT2D eigenvalue weighted by molar-refractivity contribution is -0.132. The molecule has 1 saturated heterocycles. The second-order valence-corrected chi connectivity index (χ2v) is 7.48. The maximum Gasteiger partial charge on any atom is 0.247 e. The van der Waals surface area contributed by atoms with Gasteiger partial charge in [-0.3, -0.25) is 9.89 Å². The highest BCUT2D eigenvalue weighted by Crippen LogP contribution is 2.33. The minimum absolute atomic E-state index is 0.0479. The minimum Gasteiger partial charge on any atom is -0.334 e. The SMILES string of the molecule is CC(=O)N1CCCCC1c1cc(Nc2n[nH]c(C)n2)nc(-c2ccccc2Cl)n1.CI. The van der Waals surface area contributed by atoms with E-state index < -0.39 is 0 Å². The van der Waals surface area contributed by atoms with E-state index in [1.807, 2.05) is 41.0 Å². The van der Waals surface area contributed by atoms with E-state index in [0.717, 1.165) is 37.1 Å². The highest BCUT2D eigenvalue weighted by molar-refractivity contribution is 14.1. The number of H-pyrrole nitrogens is 1. The van der Waals surface area contributed by atoms with Crippen LogP contribution in [0.5, 0.6) is 0 Å². The molecule has 1 atom stereocenters. The van der Waals surface area contributed by atoms with Crippen LogP contribution in [0.15, 0.2) is 30.3 Å². The molecule has 10 heteroatoms. The summed E-state index contributed by atoms with van der Waals surface area (Å²) in [6, 6.07) is 9.21. The number of halogens is 2. The Morgan fingerprint density at radius 1 is 1.23 bits per heavy atom. The van der Waals surface area contributed by atoms with Crippen LogP contribution in [-0.4, -0.2) is 47.4 Å². The molecule has 4 rings (SSSR count). The molecule has 1 unspecified atom stereocenters. The summed E-state index contributed by atoms with van der Waals surface area (Å²) in [4.78, 5) is 29.7. The van der Waals surface area contributed by atoms with Crippen molar-refractivity contribution in [2.75, 3.05) is 16.8 Å².